The number of thioether (sulfide) groups is 1. The zero-order valence-electron chi connectivity index (χ0n) is 16.0. The number of aromatic nitrogens is 3. The average Bonchev–Trinajstić information content (AvgIpc) is 3.28. The van der Waals surface area contributed by atoms with Gasteiger partial charge in [0, 0.05) is 43.3 Å². The number of nitrogens with zero attached hydrogens (tertiary/aromatic N) is 5. The number of nitro benzene ring substituents is 1. The van der Waals surface area contributed by atoms with Gasteiger partial charge in [-0.15, -0.1) is 10.2 Å². The molecular weight excluding hydrogens is 406 g/mol. The van der Waals surface area contributed by atoms with Crippen LogP contribution < -0.4 is 4.90 Å². The Bertz CT molecular complexity index is 1110. The number of anilines is 1. The predicted molar refractivity (Wildman–Crippen MR) is 111 cm³/mol. The second kappa shape index (κ2) is 8.07. The SMILES string of the molecule is Cn1c(SCc2ccc(N3C(=O)CCC3=O)cc2)nnc1-c1ccc([N+](=O)[O-])cc1. The molecule has 3 aromatic rings. The summed E-state index contributed by atoms with van der Waals surface area (Å²) in [5.74, 6) is 0.919. The number of imide groups is 1. The number of benzene rings is 2. The van der Waals surface area contributed by atoms with E-state index in [-0.39, 0.29) is 30.3 Å². The number of carbonyl (C=O) groups excluding carboxylic acids is 2. The quantitative estimate of drug-likeness (QED) is 0.259. The summed E-state index contributed by atoms with van der Waals surface area (Å²) in [6, 6.07) is 13.5. The molecule has 152 valence electrons. The van der Waals surface area contributed by atoms with Crippen LogP contribution in [0.3, 0.4) is 0 Å². The molecular formula is C20H17N5O4S. The maximum atomic E-state index is 11.8. The van der Waals surface area contributed by atoms with E-state index in [2.05, 4.69) is 10.2 Å². The molecule has 0 unspecified atom stereocenters. The minimum absolute atomic E-state index is 0.0243. The van der Waals surface area contributed by atoms with Gasteiger partial charge in [-0.1, -0.05) is 23.9 Å². The number of rotatable bonds is 6. The Balaban J connectivity index is 1.44. The molecule has 10 heteroatoms. The largest absolute Gasteiger partial charge is 0.305 e. The third kappa shape index (κ3) is 3.81. The molecule has 0 spiro atoms. The molecule has 1 aromatic heterocycles. The molecule has 1 fully saturated rings. The standard InChI is InChI=1S/C20H17N5O4S/c1-23-19(14-4-8-16(9-5-14)25(28)29)21-22-20(23)30-12-13-2-6-15(7-3-13)24-17(26)10-11-18(24)27/h2-9H,10-12H2,1H3. The van der Waals surface area contributed by atoms with E-state index < -0.39 is 4.92 Å². The van der Waals surface area contributed by atoms with Crippen LogP contribution in [0.15, 0.2) is 53.7 Å². The smallest absolute Gasteiger partial charge is 0.269 e. The van der Waals surface area contributed by atoms with Gasteiger partial charge in [-0.3, -0.25) is 24.6 Å². The fourth-order valence-electron chi connectivity index (χ4n) is 3.18. The first-order chi connectivity index (χ1) is 14.4. The molecule has 0 saturated carbocycles. The molecule has 1 aliphatic rings. The molecule has 4 rings (SSSR count). The van der Waals surface area contributed by atoms with Gasteiger partial charge in [-0.25, -0.2) is 0 Å². The highest BCUT2D eigenvalue weighted by Crippen LogP contribution is 2.28. The second-order valence-corrected chi connectivity index (χ2v) is 7.69. The van der Waals surface area contributed by atoms with Gasteiger partial charge in [0.1, 0.15) is 0 Å². The molecule has 9 nitrogen and oxygen atoms in total. The highest BCUT2D eigenvalue weighted by molar-refractivity contribution is 7.98. The Morgan fingerprint density at radius 1 is 1.00 bits per heavy atom. The minimum atomic E-state index is -0.442. The number of hydrogen-bond donors (Lipinski definition) is 0. The monoisotopic (exact) mass is 423 g/mol. The first-order valence-corrected chi connectivity index (χ1v) is 10.1. The number of hydrogen-bond acceptors (Lipinski definition) is 7. The summed E-state index contributed by atoms with van der Waals surface area (Å²) in [7, 11) is 1.84. The van der Waals surface area contributed by atoms with Crippen LogP contribution in [0, 0.1) is 10.1 Å². The van der Waals surface area contributed by atoms with Crippen molar-refractivity contribution >= 4 is 35.0 Å². The summed E-state index contributed by atoms with van der Waals surface area (Å²) in [5, 5.41) is 19.9. The average molecular weight is 423 g/mol. The zero-order chi connectivity index (χ0) is 21.3. The van der Waals surface area contributed by atoms with Crippen LogP contribution in [-0.2, 0) is 22.4 Å². The van der Waals surface area contributed by atoms with Crippen molar-refractivity contribution in [1.29, 1.82) is 0 Å². The lowest BCUT2D eigenvalue weighted by molar-refractivity contribution is -0.384. The molecule has 0 N–H and O–H groups in total. The van der Waals surface area contributed by atoms with Crippen molar-refractivity contribution in [2.45, 2.75) is 23.8 Å². The lowest BCUT2D eigenvalue weighted by atomic mass is 10.2. The molecule has 2 aromatic carbocycles. The predicted octanol–water partition coefficient (Wildman–Crippen LogP) is 3.34. The summed E-state index contributed by atoms with van der Waals surface area (Å²) in [6.07, 6.45) is 0.527. The van der Waals surface area contributed by atoms with Gasteiger partial charge in [0.05, 0.1) is 10.6 Å². The van der Waals surface area contributed by atoms with E-state index in [4.69, 9.17) is 0 Å². The van der Waals surface area contributed by atoms with Gasteiger partial charge < -0.3 is 4.57 Å². The van der Waals surface area contributed by atoms with Crippen molar-refractivity contribution in [3.05, 3.63) is 64.2 Å². The Labute approximate surface area is 175 Å². The summed E-state index contributed by atoms with van der Waals surface area (Å²) < 4.78 is 1.84. The third-order valence-electron chi connectivity index (χ3n) is 4.79. The van der Waals surface area contributed by atoms with E-state index in [0.717, 1.165) is 11.1 Å². The van der Waals surface area contributed by atoms with E-state index in [0.29, 0.717) is 22.4 Å². The second-order valence-electron chi connectivity index (χ2n) is 6.75. The van der Waals surface area contributed by atoms with E-state index in [1.54, 1.807) is 24.3 Å². The van der Waals surface area contributed by atoms with Crippen LogP contribution in [0.4, 0.5) is 11.4 Å². The van der Waals surface area contributed by atoms with Crippen LogP contribution in [0.1, 0.15) is 18.4 Å². The van der Waals surface area contributed by atoms with Crippen molar-refractivity contribution < 1.29 is 14.5 Å². The number of nitro groups is 1. The molecule has 1 saturated heterocycles. The molecule has 30 heavy (non-hydrogen) atoms. The lowest BCUT2D eigenvalue weighted by Gasteiger charge is -2.14. The fourth-order valence-corrected chi connectivity index (χ4v) is 4.04. The highest BCUT2D eigenvalue weighted by Gasteiger charge is 2.30. The lowest BCUT2D eigenvalue weighted by Crippen LogP contribution is -2.28. The molecule has 1 aliphatic heterocycles. The van der Waals surface area contributed by atoms with E-state index in [1.165, 1.54) is 28.8 Å². The van der Waals surface area contributed by atoms with Gasteiger partial charge in [0.2, 0.25) is 11.8 Å². The topological polar surface area (TPSA) is 111 Å². The van der Waals surface area contributed by atoms with Crippen molar-refractivity contribution in [2.75, 3.05) is 4.90 Å². The molecule has 0 bridgehead atoms. The van der Waals surface area contributed by atoms with E-state index in [9.17, 15) is 19.7 Å². The first kappa shape index (κ1) is 19.8. The van der Waals surface area contributed by atoms with Crippen molar-refractivity contribution in [3.8, 4) is 11.4 Å². The number of carbonyl (C=O) groups is 2. The normalized spacial score (nSPS) is 13.8. The first-order valence-electron chi connectivity index (χ1n) is 9.16. The number of amides is 2. The maximum Gasteiger partial charge on any atom is 0.269 e. The fraction of sp³-hybridized carbons (Fsp3) is 0.200. The highest BCUT2D eigenvalue weighted by atomic mass is 32.2. The van der Waals surface area contributed by atoms with E-state index >= 15 is 0 Å². The Morgan fingerprint density at radius 2 is 1.63 bits per heavy atom. The molecule has 0 atom stereocenters. The minimum Gasteiger partial charge on any atom is -0.305 e. The molecule has 2 amide bonds. The molecule has 0 aliphatic carbocycles. The van der Waals surface area contributed by atoms with Crippen molar-refractivity contribution in [2.24, 2.45) is 7.05 Å². The van der Waals surface area contributed by atoms with Crippen LogP contribution in [0.5, 0.6) is 0 Å². The van der Waals surface area contributed by atoms with Crippen LogP contribution >= 0.6 is 11.8 Å². The third-order valence-corrected chi connectivity index (χ3v) is 5.88. The van der Waals surface area contributed by atoms with Crippen molar-refractivity contribution in [3.63, 3.8) is 0 Å². The Morgan fingerprint density at radius 3 is 2.23 bits per heavy atom. The van der Waals surface area contributed by atoms with Crippen LogP contribution in [0.2, 0.25) is 0 Å². The van der Waals surface area contributed by atoms with Crippen molar-refractivity contribution in [1.82, 2.24) is 14.8 Å². The summed E-state index contributed by atoms with van der Waals surface area (Å²) >= 11 is 1.50. The summed E-state index contributed by atoms with van der Waals surface area (Å²) in [4.78, 5) is 35.3. The Hall–Kier alpha value is -3.53. The molecule has 2 heterocycles. The Kier molecular flexibility index (Phi) is 5.32. The maximum absolute atomic E-state index is 11.8. The number of non-ortho nitro benzene ring substituents is 1. The zero-order valence-corrected chi connectivity index (χ0v) is 16.8. The summed E-state index contributed by atoms with van der Waals surface area (Å²) in [5.41, 5.74) is 2.38. The van der Waals surface area contributed by atoms with Gasteiger partial charge in [-0.05, 0) is 29.8 Å². The van der Waals surface area contributed by atoms with Crippen LogP contribution in [0.25, 0.3) is 11.4 Å². The van der Waals surface area contributed by atoms with Gasteiger partial charge in [0.15, 0.2) is 11.0 Å². The van der Waals surface area contributed by atoms with Gasteiger partial charge >= 0.3 is 0 Å². The van der Waals surface area contributed by atoms with E-state index in [1.807, 2.05) is 23.7 Å². The van der Waals surface area contributed by atoms with Gasteiger partial charge in [-0.2, -0.15) is 0 Å². The molecule has 0 radical (unpaired) electrons. The summed E-state index contributed by atoms with van der Waals surface area (Å²) in [6.45, 7) is 0. The van der Waals surface area contributed by atoms with Crippen LogP contribution in [-0.4, -0.2) is 31.5 Å². The van der Waals surface area contributed by atoms with Gasteiger partial charge in [0.25, 0.3) is 5.69 Å².